The Morgan fingerprint density at radius 1 is 1.25 bits per heavy atom. The second kappa shape index (κ2) is 8.42. The van der Waals surface area contributed by atoms with Crippen LogP contribution < -0.4 is 5.32 Å². The number of nitrogens with zero attached hydrogens (tertiary/aromatic N) is 4. The van der Waals surface area contributed by atoms with Gasteiger partial charge in [-0.2, -0.15) is 0 Å². The fraction of sp³-hybridized carbons (Fsp3) is 0.455. The van der Waals surface area contributed by atoms with Gasteiger partial charge in [-0.05, 0) is 45.9 Å². The minimum absolute atomic E-state index is 0.307. The van der Waals surface area contributed by atoms with Gasteiger partial charge < -0.3 is 24.3 Å². The Morgan fingerprint density at radius 3 is 2.75 bits per heavy atom. The van der Waals surface area contributed by atoms with Gasteiger partial charge >= 0.3 is 12.1 Å². The fourth-order valence-electron chi connectivity index (χ4n) is 3.48. The smallest absolute Gasteiger partial charge is 0.410 e. The molecule has 0 radical (unpaired) electrons. The first-order chi connectivity index (χ1) is 15.1. The monoisotopic (exact) mass is 457 g/mol. The Kier molecular flexibility index (Phi) is 5.81. The molecule has 10 heteroatoms. The first-order valence-corrected chi connectivity index (χ1v) is 11.3. The third-order valence-electron chi connectivity index (χ3n) is 4.99. The number of carbonyl (C=O) groups is 2. The number of fused-ring (bicyclic) bond motifs is 2. The lowest BCUT2D eigenvalue weighted by Gasteiger charge is -2.29. The number of nitrogens with one attached hydrogen (secondary N) is 1. The second-order valence-corrected chi connectivity index (χ2v) is 9.67. The van der Waals surface area contributed by atoms with E-state index in [1.807, 2.05) is 38.5 Å². The summed E-state index contributed by atoms with van der Waals surface area (Å²) in [5.41, 5.74) is 2.51. The average Bonchev–Trinajstić information content (AvgIpc) is 3.26. The van der Waals surface area contributed by atoms with E-state index in [1.165, 1.54) is 11.3 Å². The highest BCUT2D eigenvalue weighted by molar-refractivity contribution is 7.15. The van der Waals surface area contributed by atoms with Gasteiger partial charge in [0.15, 0.2) is 5.13 Å². The van der Waals surface area contributed by atoms with Crippen LogP contribution in [-0.4, -0.2) is 50.3 Å². The van der Waals surface area contributed by atoms with Crippen LogP contribution in [0.4, 0.5) is 15.9 Å². The van der Waals surface area contributed by atoms with Gasteiger partial charge in [-0.3, -0.25) is 0 Å². The third-order valence-corrected chi connectivity index (χ3v) is 5.99. The minimum Gasteiger partial charge on any atom is -0.462 e. The van der Waals surface area contributed by atoms with Crippen LogP contribution >= 0.6 is 11.3 Å². The summed E-state index contributed by atoms with van der Waals surface area (Å²) in [7, 11) is 1.90. The highest BCUT2D eigenvalue weighted by atomic mass is 32.1. The van der Waals surface area contributed by atoms with Crippen molar-refractivity contribution in [1.29, 1.82) is 0 Å². The number of amides is 1. The van der Waals surface area contributed by atoms with Crippen LogP contribution in [0.1, 0.15) is 48.6 Å². The maximum atomic E-state index is 12.4. The van der Waals surface area contributed by atoms with Crippen LogP contribution in [0.15, 0.2) is 18.2 Å². The number of thiazole rings is 1. The Hall–Kier alpha value is -3.14. The summed E-state index contributed by atoms with van der Waals surface area (Å²) in [5.74, 6) is 0.257. The summed E-state index contributed by atoms with van der Waals surface area (Å²) in [6.07, 6.45) is 0.372. The average molecular weight is 458 g/mol. The summed E-state index contributed by atoms with van der Waals surface area (Å²) < 4.78 is 12.5. The van der Waals surface area contributed by atoms with Gasteiger partial charge in [-0.25, -0.2) is 19.6 Å². The van der Waals surface area contributed by atoms with E-state index in [4.69, 9.17) is 14.5 Å². The van der Waals surface area contributed by atoms with E-state index in [2.05, 4.69) is 10.3 Å². The van der Waals surface area contributed by atoms with E-state index in [0.717, 1.165) is 16.1 Å². The molecule has 1 aromatic carbocycles. The molecular formula is C22H27N5O4S. The summed E-state index contributed by atoms with van der Waals surface area (Å²) >= 11 is 1.50. The predicted octanol–water partition coefficient (Wildman–Crippen LogP) is 4.24. The van der Waals surface area contributed by atoms with Crippen LogP contribution in [-0.2, 0) is 29.5 Å². The quantitative estimate of drug-likeness (QED) is 0.585. The fourth-order valence-corrected chi connectivity index (χ4v) is 4.50. The molecule has 9 nitrogen and oxygen atoms in total. The van der Waals surface area contributed by atoms with Crippen LogP contribution in [0, 0.1) is 0 Å². The van der Waals surface area contributed by atoms with Crippen molar-refractivity contribution in [2.75, 3.05) is 18.5 Å². The van der Waals surface area contributed by atoms with Crippen molar-refractivity contribution in [2.45, 2.75) is 46.3 Å². The summed E-state index contributed by atoms with van der Waals surface area (Å²) in [6, 6.07) is 5.31. The normalized spacial score (nSPS) is 13.7. The molecule has 0 unspecified atom stereocenters. The Labute approximate surface area is 190 Å². The van der Waals surface area contributed by atoms with Crippen molar-refractivity contribution >= 4 is 45.5 Å². The molecule has 1 aliphatic heterocycles. The topological polar surface area (TPSA) is 98.6 Å². The molecule has 1 aliphatic rings. The highest BCUT2D eigenvalue weighted by Crippen LogP contribution is 2.31. The lowest BCUT2D eigenvalue weighted by atomic mass is 10.2. The van der Waals surface area contributed by atoms with Gasteiger partial charge in [0.1, 0.15) is 5.60 Å². The molecule has 32 heavy (non-hydrogen) atoms. The minimum atomic E-state index is -0.523. The molecule has 4 rings (SSSR count). The van der Waals surface area contributed by atoms with Gasteiger partial charge in [0, 0.05) is 24.9 Å². The molecule has 2 aromatic heterocycles. The lowest BCUT2D eigenvalue weighted by molar-refractivity contribution is 0.0225. The molecule has 0 bridgehead atoms. The number of benzene rings is 1. The zero-order valence-corrected chi connectivity index (χ0v) is 19.7. The van der Waals surface area contributed by atoms with Crippen LogP contribution in [0.25, 0.3) is 11.0 Å². The molecule has 0 saturated carbocycles. The zero-order valence-electron chi connectivity index (χ0n) is 18.9. The second-order valence-electron chi connectivity index (χ2n) is 8.58. The maximum Gasteiger partial charge on any atom is 0.410 e. The number of rotatable bonds is 4. The first kappa shape index (κ1) is 22.1. The molecule has 3 heterocycles. The van der Waals surface area contributed by atoms with Crippen LogP contribution in [0.3, 0.4) is 0 Å². The van der Waals surface area contributed by atoms with E-state index < -0.39 is 5.60 Å². The molecule has 0 fully saturated rings. The van der Waals surface area contributed by atoms with Crippen molar-refractivity contribution in [3.63, 3.8) is 0 Å². The molecule has 0 saturated heterocycles. The third kappa shape index (κ3) is 4.55. The number of carbonyl (C=O) groups excluding carboxylic acids is 2. The highest BCUT2D eigenvalue weighted by Gasteiger charge is 2.28. The summed E-state index contributed by atoms with van der Waals surface area (Å²) in [6.45, 7) is 8.75. The summed E-state index contributed by atoms with van der Waals surface area (Å²) in [4.78, 5) is 36.5. The molecule has 0 aliphatic carbocycles. The standard InChI is InChI=1S/C22H27N5O4S/c1-6-30-18(28)13-7-8-16-15(11-13)23-19(26(16)5)25-20-24-14-9-10-27(12-17(14)32-20)21(29)31-22(2,3)4/h7-8,11H,6,9-10,12H2,1-5H3,(H,23,24,25). The molecule has 3 aromatic rings. The van der Waals surface area contributed by atoms with E-state index in [1.54, 1.807) is 24.0 Å². The molecule has 0 spiro atoms. The van der Waals surface area contributed by atoms with E-state index in [9.17, 15) is 9.59 Å². The van der Waals surface area contributed by atoms with E-state index in [-0.39, 0.29) is 12.1 Å². The predicted molar refractivity (Wildman–Crippen MR) is 122 cm³/mol. The molecule has 0 atom stereocenters. The van der Waals surface area contributed by atoms with Crippen LogP contribution in [0.2, 0.25) is 0 Å². The summed E-state index contributed by atoms with van der Waals surface area (Å²) in [5, 5.41) is 4.00. The first-order valence-electron chi connectivity index (χ1n) is 10.5. The number of imidazole rings is 1. The maximum absolute atomic E-state index is 12.4. The molecule has 1 N–H and O–H groups in total. The molecular weight excluding hydrogens is 430 g/mol. The van der Waals surface area contributed by atoms with Crippen molar-refractivity contribution < 1.29 is 19.1 Å². The van der Waals surface area contributed by atoms with Gasteiger partial charge in [0.05, 0.1) is 35.4 Å². The number of ether oxygens (including phenoxy) is 2. The number of esters is 1. The van der Waals surface area contributed by atoms with Crippen molar-refractivity contribution in [3.05, 3.63) is 34.3 Å². The van der Waals surface area contributed by atoms with Gasteiger partial charge in [0.25, 0.3) is 0 Å². The van der Waals surface area contributed by atoms with Crippen molar-refractivity contribution in [2.24, 2.45) is 7.05 Å². The van der Waals surface area contributed by atoms with Crippen molar-refractivity contribution in [1.82, 2.24) is 19.4 Å². The Balaban J connectivity index is 1.52. The number of hydrogen-bond acceptors (Lipinski definition) is 8. The zero-order chi connectivity index (χ0) is 23.0. The van der Waals surface area contributed by atoms with E-state index in [0.29, 0.717) is 48.3 Å². The lowest BCUT2D eigenvalue weighted by Crippen LogP contribution is -2.39. The van der Waals surface area contributed by atoms with Gasteiger partial charge in [-0.1, -0.05) is 11.3 Å². The number of hydrogen-bond donors (Lipinski definition) is 1. The molecule has 170 valence electrons. The number of anilines is 2. The Bertz CT molecular complexity index is 1180. The van der Waals surface area contributed by atoms with Crippen molar-refractivity contribution in [3.8, 4) is 0 Å². The molecule has 1 amide bonds. The largest absolute Gasteiger partial charge is 0.462 e. The Morgan fingerprint density at radius 2 is 2.03 bits per heavy atom. The SMILES string of the molecule is CCOC(=O)c1ccc2c(c1)nc(Nc1nc3c(s1)CN(C(=O)OC(C)(C)C)CC3)n2C. The van der Waals surface area contributed by atoms with Gasteiger partial charge in [-0.15, -0.1) is 0 Å². The van der Waals surface area contributed by atoms with Crippen LogP contribution in [0.5, 0.6) is 0 Å². The van der Waals surface area contributed by atoms with Gasteiger partial charge in [0.2, 0.25) is 5.95 Å². The number of aromatic nitrogens is 3. The van der Waals surface area contributed by atoms with E-state index >= 15 is 0 Å². The number of aryl methyl sites for hydroxylation is 1.